The molecule has 0 aliphatic carbocycles. The van der Waals surface area contributed by atoms with Crippen LogP contribution < -0.4 is 4.74 Å². The zero-order valence-corrected chi connectivity index (χ0v) is 46.0. The largest absolute Gasteiger partial charge is 0.494 e. The van der Waals surface area contributed by atoms with Gasteiger partial charge in [0, 0.05) is 94.2 Å². The van der Waals surface area contributed by atoms with Crippen LogP contribution in [0.5, 0.6) is 17.5 Å². The van der Waals surface area contributed by atoms with Crippen molar-refractivity contribution >= 4 is 71.0 Å². The van der Waals surface area contributed by atoms with Crippen molar-refractivity contribution in [3.8, 4) is 23.2 Å². The topological polar surface area (TPSA) is 312 Å². The van der Waals surface area contributed by atoms with E-state index in [-0.39, 0.29) is 29.3 Å². The minimum Gasteiger partial charge on any atom is -0.494 e. The van der Waals surface area contributed by atoms with Gasteiger partial charge in [-0.15, -0.1) is 0 Å². The Balaban J connectivity index is 1.52. The molecular formula is C50H63F4N11O16. The molecule has 0 atom stereocenters. The van der Waals surface area contributed by atoms with Gasteiger partial charge in [0.25, 0.3) is 5.91 Å². The van der Waals surface area contributed by atoms with Crippen molar-refractivity contribution < 1.29 is 95.2 Å². The van der Waals surface area contributed by atoms with E-state index in [9.17, 15) is 85.3 Å². The van der Waals surface area contributed by atoms with E-state index in [0.717, 1.165) is 65.7 Å². The van der Waals surface area contributed by atoms with Crippen LogP contribution in [-0.4, -0.2) is 276 Å². The Bertz CT molecular complexity index is 2900. The van der Waals surface area contributed by atoms with Gasteiger partial charge in [0.15, 0.2) is 23.4 Å². The minimum absolute atomic E-state index is 0.0263. The molecule has 0 bridgehead atoms. The molecule has 31 heteroatoms. The molecular weight excluding hydrogens is 1090 g/mol. The average Bonchev–Trinajstić information content (AvgIpc) is 3.77. The lowest BCUT2D eigenvalue weighted by Gasteiger charge is -2.27. The molecule has 3 rings (SSSR count). The summed E-state index contributed by atoms with van der Waals surface area (Å²) in [4.78, 5) is 163. The number of hydrogen-bond acceptors (Lipinski definition) is 15. The second kappa shape index (κ2) is 29.1. The molecule has 27 nitrogen and oxygen atoms in total. The fraction of sp³-hybridized carbons (Fsp3) is 0.440. The third-order valence-electron chi connectivity index (χ3n) is 12.2. The van der Waals surface area contributed by atoms with Gasteiger partial charge in [-0.05, 0) is 24.1 Å². The number of nitrogens with zero attached hydrogens (tertiary/aromatic N) is 11. The van der Waals surface area contributed by atoms with Crippen LogP contribution in [0.4, 0.5) is 17.6 Å². The van der Waals surface area contributed by atoms with Crippen LogP contribution >= 0.6 is 0 Å². The molecule has 2 aromatic carbocycles. The van der Waals surface area contributed by atoms with Gasteiger partial charge in [0.05, 0.1) is 71.0 Å². The molecule has 0 fully saturated rings. The number of benzene rings is 2. The highest BCUT2D eigenvalue weighted by atomic mass is 19.2. The van der Waals surface area contributed by atoms with Crippen molar-refractivity contribution in [1.29, 1.82) is 0 Å². The lowest BCUT2D eigenvalue weighted by Crippen LogP contribution is -2.49. The zero-order chi connectivity index (χ0) is 61.5. The average molecular weight is 1150 g/mol. The van der Waals surface area contributed by atoms with Crippen LogP contribution in [0, 0.1) is 23.3 Å². The van der Waals surface area contributed by atoms with E-state index >= 15 is 0 Å². The number of likely N-dealkylation sites (N-methyl/N-ethyl adjacent to an activating group) is 10. The summed E-state index contributed by atoms with van der Waals surface area (Å²) in [6.45, 7) is -5.47. The summed E-state index contributed by atoms with van der Waals surface area (Å²) in [6, 6.07) is 6.02. The van der Waals surface area contributed by atoms with E-state index in [0.29, 0.717) is 0 Å². The second-order valence-electron chi connectivity index (χ2n) is 18.8. The number of carboxylic acid groups (broad SMARTS) is 1. The number of amides is 10. The Morgan fingerprint density at radius 2 is 0.728 bits per heavy atom. The predicted molar refractivity (Wildman–Crippen MR) is 273 cm³/mol. The molecule has 81 heavy (non-hydrogen) atoms. The number of carboxylic acids is 1. The van der Waals surface area contributed by atoms with Gasteiger partial charge in [0.1, 0.15) is 6.54 Å². The van der Waals surface area contributed by atoms with Crippen LogP contribution in [0.15, 0.2) is 36.4 Å². The molecule has 0 saturated carbocycles. The number of esters is 1. The SMILES string of the molecule is CN(CC(=O)O)C(=O)CN(C)C(=O)CN(C)C(=O)CN(C)C(=O)CN(C)C(=O)CN(C)C(=O)CN(C)C(=O)CN(C)C(=O)CN(C)C(=O)CN(C)C(=O)c1cc(-n2c(O)ccc2O)ccc1CCC(=O)Oc1c(F)c(F)cc(F)c1F. The van der Waals surface area contributed by atoms with Crippen molar-refractivity contribution in [2.45, 2.75) is 12.8 Å². The van der Waals surface area contributed by atoms with Gasteiger partial charge in [-0.3, -0.25) is 62.1 Å². The van der Waals surface area contributed by atoms with E-state index in [4.69, 9.17) is 5.11 Å². The molecule has 0 radical (unpaired) electrons. The number of aromatic hydroxyl groups is 2. The van der Waals surface area contributed by atoms with E-state index in [1.54, 1.807) is 0 Å². The van der Waals surface area contributed by atoms with Gasteiger partial charge >= 0.3 is 11.9 Å². The van der Waals surface area contributed by atoms with Gasteiger partial charge in [0.2, 0.25) is 70.5 Å². The number of aromatic nitrogens is 1. The molecule has 1 heterocycles. The lowest BCUT2D eigenvalue weighted by atomic mass is 10.0. The lowest BCUT2D eigenvalue weighted by molar-refractivity contribution is -0.147. The van der Waals surface area contributed by atoms with Crippen LogP contribution in [0.3, 0.4) is 0 Å². The quantitative estimate of drug-likeness (QED) is 0.0348. The van der Waals surface area contributed by atoms with Crippen LogP contribution in [0.2, 0.25) is 0 Å². The molecule has 3 N–H and O–H groups in total. The molecule has 0 aliphatic rings. The number of aryl methyl sites for hydroxylation is 1. The smallest absolute Gasteiger partial charge is 0.323 e. The molecule has 0 spiro atoms. The fourth-order valence-corrected chi connectivity index (χ4v) is 7.03. The highest BCUT2D eigenvalue weighted by Crippen LogP contribution is 2.30. The predicted octanol–water partition coefficient (Wildman–Crippen LogP) is -1.73. The second-order valence-corrected chi connectivity index (χ2v) is 18.8. The minimum atomic E-state index is -1.97. The first-order chi connectivity index (χ1) is 37.6. The van der Waals surface area contributed by atoms with Gasteiger partial charge < -0.3 is 69.1 Å². The van der Waals surface area contributed by atoms with Crippen molar-refractivity contribution in [2.75, 3.05) is 136 Å². The number of carbonyl (C=O) groups is 12. The molecule has 0 unspecified atom stereocenters. The van der Waals surface area contributed by atoms with Gasteiger partial charge in [-0.1, -0.05) is 6.07 Å². The molecule has 10 amide bonds. The molecule has 0 aliphatic heterocycles. The van der Waals surface area contributed by atoms with E-state index in [2.05, 4.69) is 4.74 Å². The highest BCUT2D eigenvalue weighted by molar-refractivity contribution is 5.99. The van der Waals surface area contributed by atoms with Gasteiger partial charge in [-0.25, -0.2) is 8.78 Å². The molecule has 0 saturated heterocycles. The Hall–Kier alpha value is -9.32. The van der Waals surface area contributed by atoms with Crippen molar-refractivity contribution in [3.05, 3.63) is 70.8 Å². The van der Waals surface area contributed by atoms with Crippen LogP contribution in [0.1, 0.15) is 22.3 Å². The maximum atomic E-state index is 14.2. The number of hydrogen-bond donors (Lipinski definition) is 3. The van der Waals surface area contributed by atoms with Crippen molar-refractivity contribution in [3.63, 3.8) is 0 Å². The maximum absolute atomic E-state index is 14.2. The first kappa shape index (κ1) is 66.0. The van der Waals surface area contributed by atoms with Crippen molar-refractivity contribution in [1.82, 2.24) is 53.6 Å². The van der Waals surface area contributed by atoms with E-state index < -0.39 is 184 Å². The molecule has 442 valence electrons. The van der Waals surface area contributed by atoms with E-state index in [1.807, 2.05) is 0 Å². The number of ether oxygens (including phenoxy) is 1. The Morgan fingerprint density at radius 3 is 1.04 bits per heavy atom. The fourth-order valence-electron chi connectivity index (χ4n) is 7.03. The number of aliphatic carboxylic acids is 1. The Morgan fingerprint density at radius 1 is 0.432 bits per heavy atom. The standard InChI is InChI=1S/C50H63F4N11O16/c1-55(20-37(69)57(3)22-39(71)59(5)24-41(73)61(7)26-43(75)63(9)28-45(77)78)36(68)19-56(2)38(70)21-58(4)40(72)23-60(6)42(74)25-62(8)44(76)27-64(10)50(80)31-17-30(65-34(66)14-15-35(65)67)13-11-29(31)12-16-46(79)81-49-47(53)32(51)18-33(52)48(49)54/h11,13-15,17-18,66-67H,12,16,19-28H2,1-10H3,(H,77,78). The Labute approximate surface area is 461 Å². The summed E-state index contributed by atoms with van der Waals surface area (Å²) in [5.74, 6) is -19.9. The number of rotatable bonds is 26. The van der Waals surface area contributed by atoms with Gasteiger partial charge in [-0.2, -0.15) is 8.78 Å². The van der Waals surface area contributed by atoms with Crippen LogP contribution in [-0.2, 0) is 59.2 Å². The zero-order valence-electron chi connectivity index (χ0n) is 46.0. The summed E-state index contributed by atoms with van der Waals surface area (Å²) in [5, 5.41) is 29.5. The Kier molecular flexibility index (Phi) is 23.7. The van der Waals surface area contributed by atoms with Crippen LogP contribution in [0.25, 0.3) is 5.69 Å². The molecule has 3 aromatic rings. The third-order valence-corrected chi connectivity index (χ3v) is 12.2. The first-order valence-electron chi connectivity index (χ1n) is 24.0. The summed E-state index contributed by atoms with van der Waals surface area (Å²) in [7, 11) is 12.6. The first-order valence-corrected chi connectivity index (χ1v) is 24.0. The summed E-state index contributed by atoms with van der Waals surface area (Å²) >= 11 is 0. The summed E-state index contributed by atoms with van der Waals surface area (Å²) < 4.78 is 61.3. The summed E-state index contributed by atoms with van der Waals surface area (Å²) in [6.07, 6.45) is -1.10. The van der Waals surface area contributed by atoms with Crippen molar-refractivity contribution in [2.24, 2.45) is 0 Å². The summed E-state index contributed by atoms with van der Waals surface area (Å²) in [5.41, 5.74) is -0.121. The number of carbonyl (C=O) groups excluding carboxylic acids is 11. The highest BCUT2D eigenvalue weighted by Gasteiger charge is 2.29. The third kappa shape index (κ3) is 18.7. The van der Waals surface area contributed by atoms with E-state index in [1.165, 1.54) is 88.7 Å². The molecule has 1 aromatic heterocycles. The normalized spacial score (nSPS) is 10.7. The number of halogens is 4. The monoisotopic (exact) mass is 1150 g/mol. The maximum Gasteiger partial charge on any atom is 0.323 e.